The zero-order valence-electron chi connectivity index (χ0n) is 20.0. The Balaban J connectivity index is 1.24. The third-order valence-electron chi connectivity index (χ3n) is 4.75. The Morgan fingerprint density at radius 1 is 0.675 bits per heavy atom. The summed E-state index contributed by atoms with van der Waals surface area (Å²) in [5, 5.41) is 28.5. The van der Waals surface area contributed by atoms with Gasteiger partial charge in [0.15, 0.2) is 0 Å². The summed E-state index contributed by atoms with van der Waals surface area (Å²) >= 11 is 0. The van der Waals surface area contributed by atoms with Crippen molar-refractivity contribution < 1.29 is 59.0 Å². The number of hydrogen-bond acceptors (Lipinski definition) is 15. The predicted octanol–water partition coefficient (Wildman–Crippen LogP) is 0.743. The maximum atomic E-state index is 12.7. The lowest BCUT2D eigenvalue weighted by Crippen LogP contribution is -2.31. The molecule has 0 fully saturated rings. The van der Waals surface area contributed by atoms with Gasteiger partial charge in [0.25, 0.3) is 19.7 Å². The van der Waals surface area contributed by atoms with E-state index < -0.39 is 63.0 Å². The molecule has 2 aromatic heterocycles. The summed E-state index contributed by atoms with van der Waals surface area (Å²) in [6, 6.07) is 14.1. The lowest BCUT2D eigenvalue weighted by molar-refractivity contribution is -0.832. The molecule has 0 amide bonds. The van der Waals surface area contributed by atoms with E-state index in [4.69, 9.17) is 18.5 Å². The van der Waals surface area contributed by atoms with Gasteiger partial charge in [0.2, 0.25) is 0 Å². The first-order valence-electron chi connectivity index (χ1n) is 10.9. The van der Waals surface area contributed by atoms with E-state index in [0.29, 0.717) is 0 Å². The summed E-state index contributed by atoms with van der Waals surface area (Å²) in [5.74, 6) is -1.26. The molecule has 0 radical (unpaired) electrons. The molecule has 4 rings (SSSR count). The quantitative estimate of drug-likeness (QED) is 0.108. The van der Waals surface area contributed by atoms with Crippen molar-refractivity contribution >= 4 is 27.9 Å². The molecule has 0 saturated heterocycles. The molecular formula is C20H18N4O13PS2+. The van der Waals surface area contributed by atoms with Gasteiger partial charge in [0, 0.05) is 4.57 Å². The first kappa shape index (κ1) is 28.8. The van der Waals surface area contributed by atoms with E-state index in [-0.39, 0.29) is 32.8 Å². The van der Waals surface area contributed by atoms with Crippen LogP contribution in [-0.2, 0) is 33.3 Å². The van der Waals surface area contributed by atoms with E-state index in [0.717, 1.165) is 0 Å². The van der Waals surface area contributed by atoms with Crippen molar-refractivity contribution in [2.24, 2.45) is 0 Å². The summed E-state index contributed by atoms with van der Waals surface area (Å²) in [7, 11) is -11.4. The second-order valence-corrected chi connectivity index (χ2v) is 12.0. The average Bonchev–Trinajstić information content (AvgIpc) is 3.52. The summed E-state index contributed by atoms with van der Waals surface area (Å²) < 4.78 is 91.5. The van der Waals surface area contributed by atoms with Crippen molar-refractivity contribution in [3.8, 4) is 11.8 Å². The van der Waals surface area contributed by atoms with Crippen molar-refractivity contribution in [1.29, 1.82) is 0 Å². The van der Waals surface area contributed by atoms with E-state index >= 15 is 0 Å². The molecule has 0 bridgehead atoms. The number of hydrogen-bond donors (Lipinski definition) is 0. The van der Waals surface area contributed by atoms with E-state index in [1.54, 1.807) is 12.1 Å². The van der Waals surface area contributed by atoms with Crippen LogP contribution in [0.15, 0.2) is 89.8 Å². The molecule has 0 N–H and O–H groups in total. The summed E-state index contributed by atoms with van der Waals surface area (Å²) in [5.41, 5.74) is 0. The maximum absolute atomic E-state index is 12.7. The lowest BCUT2D eigenvalue weighted by atomic mass is 10.4. The number of sulfone groups is 2. The number of aromatic nitrogens is 4. The third-order valence-corrected chi connectivity index (χ3v) is 8.98. The molecule has 2 heterocycles. The fraction of sp³-hybridized carbons (Fsp3) is 0.200. The summed E-state index contributed by atoms with van der Waals surface area (Å²) in [6.45, 7) is -1.56. The highest BCUT2D eigenvalue weighted by Crippen LogP contribution is 2.27. The SMILES string of the molecule is O=[P+](OCCOc1no[n+]([O-])c1S(=O)(=O)c1ccccc1)OCCOc1no[n+]([O-])c1S(=O)(=O)c1ccccc1. The minimum Gasteiger partial charge on any atom is -0.452 e. The van der Waals surface area contributed by atoms with Gasteiger partial charge < -0.3 is 19.9 Å². The van der Waals surface area contributed by atoms with Crippen LogP contribution in [0.4, 0.5) is 0 Å². The van der Waals surface area contributed by atoms with Crippen molar-refractivity contribution in [3.05, 3.63) is 71.1 Å². The number of nitrogens with zero attached hydrogens (tertiary/aromatic N) is 4. The van der Waals surface area contributed by atoms with E-state index in [9.17, 15) is 31.8 Å². The second kappa shape index (κ2) is 12.3. The molecule has 0 saturated carbocycles. The van der Waals surface area contributed by atoms with Gasteiger partial charge in [-0.05, 0) is 34.1 Å². The molecule has 0 spiro atoms. The third kappa shape index (κ3) is 6.35. The second-order valence-electron chi connectivity index (χ2n) is 7.30. The molecule has 0 aliphatic rings. The van der Waals surface area contributed by atoms with Gasteiger partial charge in [-0.3, -0.25) is 9.26 Å². The molecule has 212 valence electrons. The maximum Gasteiger partial charge on any atom is 0.697 e. The Morgan fingerprint density at radius 3 is 1.43 bits per heavy atom. The van der Waals surface area contributed by atoms with Gasteiger partial charge in [-0.2, -0.15) is 0 Å². The zero-order valence-corrected chi connectivity index (χ0v) is 22.5. The summed E-state index contributed by atoms with van der Waals surface area (Å²) in [4.78, 5) is -1.02. The van der Waals surface area contributed by atoms with Crippen LogP contribution in [0.25, 0.3) is 0 Å². The smallest absolute Gasteiger partial charge is 0.452 e. The van der Waals surface area contributed by atoms with Crippen LogP contribution in [-0.4, -0.2) is 53.6 Å². The van der Waals surface area contributed by atoms with Crippen molar-refractivity contribution in [1.82, 2.24) is 10.3 Å². The largest absolute Gasteiger partial charge is 0.697 e. The summed E-state index contributed by atoms with van der Waals surface area (Å²) in [6.07, 6.45) is 0. The normalized spacial score (nSPS) is 11.8. The van der Waals surface area contributed by atoms with Crippen LogP contribution >= 0.6 is 8.25 Å². The highest BCUT2D eigenvalue weighted by molar-refractivity contribution is 7.91. The van der Waals surface area contributed by atoms with Crippen LogP contribution in [0.3, 0.4) is 0 Å². The van der Waals surface area contributed by atoms with Gasteiger partial charge >= 0.3 is 30.1 Å². The topological polar surface area (TPSA) is 228 Å². The zero-order chi connectivity index (χ0) is 28.8. The Hall–Kier alpha value is -4.16. The number of ether oxygens (including phenoxy) is 2. The lowest BCUT2D eigenvalue weighted by Gasteiger charge is -2.02. The predicted molar refractivity (Wildman–Crippen MR) is 125 cm³/mol. The van der Waals surface area contributed by atoms with Crippen LogP contribution in [0.2, 0.25) is 0 Å². The molecule has 20 heteroatoms. The molecule has 4 aromatic rings. The standard InChI is InChI=1S/C20H18N4O13PS2/c25-23-19(39(28,29)15-7-3-1-4-8-15)17(21-36-23)32-11-13-34-38(27)35-14-12-33-18-20(24(26)37-22-18)40(30,31)16-9-5-2-6-10-16/h1-10H,11-14H2/q+1. The highest BCUT2D eigenvalue weighted by atomic mass is 32.2. The molecule has 2 aromatic carbocycles. The molecule has 40 heavy (non-hydrogen) atoms. The van der Waals surface area contributed by atoms with Gasteiger partial charge in [-0.1, -0.05) is 36.4 Å². The molecular weight excluding hydrogens is 599 g/mol. The Bertz CT molecular complexity index is 1550. The Kier molecular flexibility index (Phi) is 8.90. The molecule has 17 nitrogen and oxygen atoms in total. The fourth-order valence-electron chi connectivity index (χ4n) is 3.02. The minimum absolute atomic E-state index is 0.192. The number of rotatable bonds is 14. The van der Waals surface area contributed by atoms with Crippen LogP contribution < -0.4 is 19.3 Å². The van der Waals surface area contributed by atoms with Crippen molar-refractivity contribution in [2.75, 3.05) is 26.4 Å². The van der Waals surface area contributed by atoms with E-state index in [1.807, 2.05) is 0 Å². The van der Waals surface area contributed by atoms with Crippen LogP contribution in [0.5, 0.6) is 11.8 Å². The van der Waals surface area contributed by atoms with Gasteiger partial charge in [0.05, 0.1) is 20.1 Å². The minimum atomic E-state index is -4.31. The first-order chi connectivity index (χ1) is 19.1. The van der Waals surface area contributed by atoms with Crippen LogP contribution in [0, 0.1) is 10.4 Å². The van der Waals surface area contributed by atoms with E-state index in [2.05, 4.69) is 19.6 Å². The van der Waals surface area contributed by atoms with Gasteiger partial charge in [-0.25, -0.2) is 16.8 Å². The molecule has 0 aliphatic heterocycles. The van der Waals surface area contributed by atoms with Crippen molar-refractivity contribution in [3.63, 3.8) is 0 Å². The highest BCUT2D eigenvalue weighted by Gasteiger charge is 2.37. The monoisotopic (exact) mass is 617 g/mol. The van der Waals surface area contributed by atoms with Crippen molar-refractivity contribution in [2.45, 2.75) is 19.8 Å². The first-order valence-corrected chi connectivity index (χ1v) is 15.0. The Labute approximate surface area is 226 Å². The average molecular weight is 617 g/mol. The Morgan fingerprint density at radius 2 is 1.05 bits per heavy atom. The molecule has 0 unspecified atom stereocenters. The number of benzene rings is 2. The van der Waals surface area contributed by atoms with E-state index in [1.165, 1.54) is 48.5 Å². The fourth-order valence-corrected chi connectivity index (χ4v) is 6.13. The van der Waals surface area contributed by atoms with Gasteiger partial charge in [0.1, 0.15) is 26.4 Å². The van der Waals surface area contributed by atoms with Gasteiger partial charge in [-0.15, -0.1) is 9.05 Å². The molecule has 0 aliphatic carbocycles. The molecule has 0 atom stereocenters. The van der Waals surface area contributed by atoms with Crippen LogP contribution in [0.1, 0.15) is 0 Å².